The van der Waals surface area contributed by atoms with Crippen LogP contribution in [-0.4, -0.2) is 40.2 Å². The molecule has 3 rings (SSSR count). The number of rotatable bonds is 4. The summed E-state index contributed by atoms with van der Waals surface area (Å²) >= 11 is 0. The maximum atomic E-state index is 12.8. The Bertz CT molecular complexity index is 947. The fraction of sp³-hybridized carbons (Fsp3) is 0.304. The average molecular weight is 409 g/mol. The van der Waals surface area contributed by atoms with Crippen molar-refractivity contribution < 1.29 is 14.6 Å². The van der Waals surface area contributed by atoms with Crippen molar-refractivity contribution in [3.63, 3.8) is 0 Å². The molecule has 0 unspecified atom stereocenters. The van der Waals surface area contributed by atoms with E-state index < -0.39 is 18.2 Å². The molecule has 1 aromatic carbocycles. The molecule has 0 aliphatic heterocycles. The Morgan fingerprint density at radius 3 is 2.80 bits per heavy atom. The highest BCUT2D eigenvalue weighted by atomic mass is 16.5. The molecule has 7 heteroatoms. The molecular weight excluding hydrogens is 380 g/mol. The third kappa shape index (κ3) is 5.18. The standard InChI is InChI=1S/C23H28N4O3/c1-16-10-6-4-9-13-19(20(28)15-14-16)24-23(29)25-21-17(2)22(30-3)26-27(21)18-11-7-5-8-12-18/h4-12,19-20,28H,1,13-15H2,2-3H3,(H2,24,25,29)/b9-4-,10-6-/t19-,20+/m1/s1. The van der Waals surface area contributed by atoms with Gasteiger partial charge in [-0.15, -0.1) is 5.10 Å². The third-order valence-electron chi connectivity index (χ3n) is 5.02. The van der Waals surface area contributed by atoms with Crippen LogP contribution in [0.5, 0.6) is 5.88 Å². The topological polar surface area (TPSA) is 88.4 Å². The van der Waals surface area contributed by atoms with Crippen LogP contribution in [0.1, 0.15) is 24.8 Å². The summed E-state index contributed by atoms with van der Waals surface area (Å²) in [5, 5.41) is 20.8. The molecule has 1 aromatic heterocycles. The quantitative estimate of drug-likeness (QED) is 0.716. The minimum Gasteiger partial charge on any atom is -0.480 e. The average Bonchev–Trinajstić information content (AvgIpc) is 3.06. The molecule has 0 bridgehead atoms. The lowest BCUT2D eigenvalue weighted by atomic mass is 9.99. The van der Waals surface area contributed by atoms with Gasteiger partial charge < -0.3 is 15.2 Å². The number of hydrogen-bond acceptors (Lipinski definition) is 4. The minimum absolute atomic E-state index is 0.415. The van der Waals surface area contributed by atoms with Crippen LogP contribution in [0.25, 0.3) is 5.69 Å². The first kappa shape index (κ1) is 21.4. The summed E-state index contributed by atoms with van der Waals surface area (Å²) in [7, 11) is 1.54. The number of aromatic nitrogens is 2. The lowest BCUT2D eigenvalue weighted by molar-refractivity contribution is 0.123. The van der Waals surface area contributed by atoms with Crippen molar-refractivity contribution in [1.29, 1.82) is 0 Å². The third-order valence-corrected chi connectivity index (χ3v) is 5.02. The molecule has 3 N–H and O–H groups in total. The largest absolute Gasteiger partial charge is 0.480 e. The van der Waals surface area contributed by atoms with Crippen LogP contribution < -0.4 is 15.4 Å². The minimum atomic E-state index is -0.682. The van der Waals surface area contributed by atoms with Gasteiger partial charge in [0, 0.05) is 0 Å². The summed E-state index contributed by atoms with van der Waals surface area (Å²) in [6, 6.07) is 8.66. The van der Waals surface area contributed by atoms with Crippen LogP contribution in [0.4, 0.5) is 10.6 Å². The molecule has 30 heavy (non-hydrogen) atoms. The Labute approximate surface area is 176 Å². The zero-order valence-corrected chi connectivity index (χ0v) is 17.3. The van der Waals surface area contributed by atoms with E-state index in [1.807, 2.05) is 61.6 Å². The SMILES string of the molecule is C=C1/C=C\C=C/C[C@@H](NC(=O)Nc2c(C)c(OC)nn2-c2ccccc2)[C@@H](O)CC1. The maximum absolute atomic E-state index is 12.8. The van der Waals surface area contributed by atoms with Crippen molar-refractivity contribution in [3.05, 3.63) is 72.4 Å². The van der Waals surface area contributed by atoms with E-state index in [0.717, 1.165) is 11.3 Å². The second-order valence-electron chi connectivity index (χ2n) is 7.22. The van der Waals surface area contributed by atoms with E-state index >= 15 is 0 Å². The highest BCUT2D eigenvalue weighted by molar-refractivity contribution is 5.90. The van der Waals surface area contributed by atoms with E-state index in [4.69, 9.17) is 4.74 Å². The highest BCUT2D eigenvalue weighted by Crippen LogP contribution is 2.28. The lowest BCUT2D eigenvalue weighted by Gasteiger charge is -2.24. The predicted octanol–water partition coefficient (Wildman–Crippen LogP) is 3.89. The number of urea groups is 1. The number of anilines is 1. The first-order valence-electron chi connectivity index (χ1n) is 9.95. The van der Waals surface area contributed by atoms with Gasteiger partial charge in [0.25, 0.3) is 0 Å². The second-order valence-corrected chi connectivity index (χ2v) is 7.22. The Morgan fingerprint density at radius 1 is 1.30 bits per heavy atom. The maximum Gasteiger partial charge on any atom is 0.320 e. The van der Waals surface area contributed by atoms with Crippen molar-refractivity contribution in [1.82, 2.24) is 15.1 Å². The Morgan fingerprint density at radius 2 is 2.07 bits per heavy atom. The molecule has 0 radical (unpaired) electrons. The van der Waals surface area contributed by atoms with Gasteiger partial charge >= 0.3 is 6.03 Å². The van der Waals surface area contributed by atoms with Gasteiger partial charge in [-0.3, -0.25) is 5.32 Å². The molecule has 1 heterocycles. The summed E-state index contributed by atoms with van der Waals surface area (Å²) in [5.41, 5.74) is 2.45. The number of nitrogens with one attached hydrogen (secondary N) is 2. The van der Waals surface area contributed by atoms with Crippen LogP contribution >= 0.6 is 0 Å². The van der Waals surface area contributed by atoms with Gasteiger partial charge in [0.2, 0.25) is 5.88 Å². The molecule has 2 atom stereocenters. The van der Waals surface area contributed by atoms with Crippen molar-refractivity contribution in [2.24, 2.45) is 0 Å². The first-order chi connectivity index (χ1) is 14.5. The summed E-state index contributed by atoms with van der Waals surface area (Å²) in [5.74, 6) is 0.942. The van der Waals surface area contributed by atoms with E-state index in [9.17, 15) is 9.90 Å². The molecule has 0 saturated heterocycles. The lowest BCUT2D eigenvalue weighted by Crippen LogP contribution is -2.45. The van der Waals surface area contributed by atoms with E-state index in [1.165, 1.54) is 0 Å². The van der Waals surface area contributed by atoms with E-state index in [-0.39, 0.29) is 0 Å². The fourth-order valence-corrected chi connectivity index (χ4v) is 3.31. The molecule has 1 aliphatic carbocycles. The number of para-hydroxylation sites is 1. The zero-order valence-electron chi connectivity index (χ0n) is 17.3. The fourth-order valence-electron chi connectivity index (χ4n) is 3.31. The van der Waals surface area contributed by atoms with Crippen LogP contribution in [0.3, 0.4) is 0 Å². The number of carbonyl (C=O) groups excluding carboxylic acids is 1. The summed E-state index contributed by atoms with van der Waals surface area (Å²) in [4.78, 5) is 12.8. The number of benzene rings is 1. The number of aliphatic hydroxyl groups is 1. The number of hydrogen-bond donors (Lipinski definition) is 3. The number of nitrogens with zero attached hydrogens (tertiary/aromatic N) is 2. The molecule has 0 saturated carbocycles. The molecule has 0 spiro atoms. The summed E-state index contributed by atoms with van der Waals surface area (Å²) < 4.78 is 6.97. The normalized spacial score (nSPS) is 21.5. The highest BCUT2D eigenvalue weighted by Gasteiger charge is 2.23. The van der Waals surface area contributed by atoms with Crippen LogP contribution in [0, 0.1) is 6.92 Å². The van der Waals surface area contributed by atoms with Crippen molar-refractivity contribution in [2.45, 2.75) is 38.3 Å². The van der Waals surface area contributed by atoms with Crippen molar-refractivity contribution >= 4 is 11.8 Å². The van der Waals surface area contributed by atoms with E-state index in [1.54, 1.807) is 11.8 Å². The number of allylic oxidation sites excluding steroid dienone is 4. The van der Waals surface area contributed by atoms with E-state index in [0.29, 0.717) is 36.5 Å². The van der Waals surface area contributed by atoms with Crippen LogP contribution in [0.2, 0.25) is 0 Å². The molecule has 1 aliphatic rings. The van der Waals surface area contributed by atoms with Gasteiger partial charge in [-0.25, -0.2) is 9.48 Å². The number of carbonyl (C=O) groups is 1. The molecule has 2 aromatic rings. The first-order valence-corrected chi connectivity index (χ1v) is 9.95. The van der Waals surface area contributed by atoms with Crippen molar-refractivity contribution in [3.8, 4) is 11.6 Å². The van der Waals surface area contributed by atoms with Crippen LogP contribution in [0.15, 0.2) is 66.8 Å². The molecular formula is C23H28N4O3. The number of aliphatic hydroxyl groups excluding tert-OH is 1. The number of ether oxygens (including phenoxy) is 1. The smallest absolute Gasteiger partial charge is 0.320 e. The Hall–Kier alpha value is -3.32. The number of methoxy groups -OCH3 is 1. The number of amides is 2. The second kappa shape index (κ2) is 9.93. The monoisotopic (exact) mass is 408 g/mol. The predicted molar refractivity (Wildman–Crippen MR) is 118 cm³/mol. The Balaban J connectivity index is 1.78. The van der Waals surface area contributed by atoms with Gasteiger partial charge in [0.1, 0.15) is 5.82 Å². The van der Waals surface area contributed by atoms with Crippen molar-refractivity contribution in [2.75, 3.05) is 12.4 Å². The van der Waals surface area contributed by atoms with Gasteiger partial charge in [-0.2, -0.15) is 0 Å². The molecule has 158 valence electrons. The summed E-state index contributed by atoms with van der Waals surface area (Å²) in [6.45, 7) is 5.80. The Kier molecular flexibility index (Phi) is 7.08. The van der Waals surface area contributed by atoms with Gasteiger partial charge in [0.15, 0.2) is 0 Å². The van der Waals surface area contributed by atoms with Gasteiger partial charge in [-0.1, -0.05) is 54.7 Å². The molecule has 7 nitrogen and oxygen atoms in total. The van der Waals surface area contributed by atoms with Crippen LogP contribution in [-0.2, 0) is 0 Å². The molecule has 0 fully saturated rings. The van der Waals surface area contributed by atoms with Gasteiger partial charge in [0.05, 0.1) is 30.5 Å². The van der Waals surface area contributed by atoms with E-state index in [2.05, 4.69) is 22.3 Å². The van der Waals surface area contributed by atoms with Gasteiger partial charge in [-0.05, 0) is 38.3 Å². The molecule has 2 amide bonds. The summed E-state index contributed by atoms with van der Waals surface area (Å²) in [6.07, 6.45) is 8.71. The zero-order chi connectivity index (χ0) is 21.5.